The van der Waals surface area contributed by atoms with Gasteiger partial charge in [0.25, 0.3) is 0 Å². The summed E-state index contributed by atoms with van der Waals surface area (Å²) in [5, 5.41) is 16.6. The van der Waals surface area contributed by atoms with E-state index in [2.05, 4.69) is 5.10 Å². The topological polar surface area (TPSA) is 91.3 Å². The smallest absolute Gasteiger partial charge is 0.243 e. The number of aliphatic carboxylic acids is 1. The molecule has 0 spiro atoms. The number of benzene rings is 2. The van der Waals surface area contributed by atoms with Crippen molar-refractivity contribution in [3.8, 4) is 11.5 Å². The number of hydrogen-bond acceptors (Lipinski definition) is 6. The van der Waals surface area contributed by atoms with E-state index in [0.717, 1.165) is 16.8 Å². The minimum atomic E-state index is -1.27. The maximum Gasteiger partial charge on any atom is 0.243 e. The van der Waals surface area contributed by atoms with E-state index in [9.17, 15) is 14.7 Å². The van der Waals surface area contributed by atoms with Crippen LogP contribution in [0.1, 0.15) is 36.4 Å². The Kier molecular flexibility index (Phi) is 5.93. The zero-order chi connectivity index (χ0) is 20.1. The molecular formula is C21H21N2O5-. The average Bonchev–Trinajstić information content (AvgIpc) is 3.17. The molecule has 1 heterocycles. The number of hydrazone groups is 1. The molecule has 1 amide bonds. The second kappa shape index (κ2) is 8.56. The molecule has 0 radical (unpaired) electrons. The van der Waals surface area contributed by atoms with E-state index in [1.54, 1.807) is 26.4 Å². The Morgan fingerprint density at radius 3 is 2.50 bits per heavy atom. The van der Waals surface area contributed by atoms with Gasteiger partial charge in [0.05, 0.1) is 26.0 Å². The molecule has 0 saturated carbocycles. The summed E-state index contributed by atoms with van der Waals surface area (Å²) in [6.07, 6.45) is -0.0371. The van der Waals surface area contributed by atoms with E-state index in [-0.39, 0.29) is 18.7 Å². The molecule has 7 heteroatoms. The molecule has 1 aliphatic rings. The van der Waals surface area contributed by atoms with E-state index in [0.29, 0.717) is 17.9 Å². The van der Waals surface area contributed by atoms with Gasteiger partial charge in [0.1, 0.15) is 11.5 Å². The maximum absolute atomic E-state index is 12.7. The quantitative estimate of drug-likeness (QED) is 0.731. The van der Waals surface area contributed by atoms with Crippen molar-refractivity contribution in [3.05, 3.63) is 59.7 Å². The van der Waals surface area contributed by atoms with Gasteiger partial charge < -0.3 is 19.4 Å². The van der Waals surface area contributed by atoms with Gasteiger partial charge >= 0.3 is 0 Å². The number of carbonyl (C=O) groups excluding carboxylic acids is 2. The molecule has 2 aromatic rings. The van der Waals surface area contributed by atoms with Crippen LogP contribution in [0.5, 0.6) is 11.5 Å². The summed E-state index contributed by atoms with van der Waals surface area (Å²) >= 11 is 0. The SMILES string of the molecule is COc1ccc([C@@H]2CC(c3ccccc3)=NN2C(=O)CCC(=O)[O-])c(OC)c1. The van der Waals surface area contributed by atoms with Crippen LogP contribution in [0, 0.1) is 0 Å². The Hall–Kier alpha value is -3.35. The number of ether oxygens (including phenoxy) is 2. The van der Waals surface area contributed by atoms with Crippen molar-refractivity contribution >= 4 is 17.6 Å². The van der Waals surface area contributed by atoms with Gasteiger partial charge in [-0.05, 0) is 24.1 Å². The van der Waals surface area contributed by atoms with Crippen molar-refractivity contribution in [2.45, 2.75) is 25.3 Å². The molecular weight excluding hydrogens is 360 g/mol. The number of carbonyl (C=O) groups is 2. The molecule has 0 unspecified atom stereocenters. The van der Waals surface area contributed by atoms with Crippen LogP contribution in [0.3, 0.4) is 0 Å². The molecule has 3 rings (SSSR count). The number of carboxylic acids is 1. The summed E-state index contributed by atoms with van der Waals surface area (Å²) in [5.74, 6) is -0.430. The van der Waals surface area contributed by atoms with Crippen LogP contribution in [-0.4, -0.2) is 36.8 Å². The van der Waals surface area contributed by atoms with E-state index < -0.39 is 12.0 Å². The third kappa shape index (κ3) is 4.14. The number of methoxy groups -OCH3 is 2. The number of amides is 1. The highest BCUT2D eigenvalue weighted by Gasteiger charge is 2.34. The van der Waals surface area contributed by atoms with Crippen LogP contribution in [0.15, 0.2) is 53.6 Å². The van der Waals surface area contributed by atoms with Crippen molar-refractivity contribution < 1.29 is 24.2 Å². The molecule has 146 valence electrons. The molecule has 1 atom stereocenters. The number of carboxylic acid groups (broad SMARTS) is 1. The number of rotatable bonds is 7. The first kappa shape index (κ1) is 19.4. The summed E-state index contributed by atoms with van der Waals surface area (Å²) in [6.45, 7) is 0. The van der Waals surface area contributed by atoms with Gasteiger partial charge in [-0.25, -0.2) is 5.01 Å². The number of hydrogen-bond donors (Lipinski definition) is 0. The van der Waals surface area contributed by atoms with Gasteiger partial charge in [-0.1, -0.05) is 30.3 Å². The summed E-state index contributed by atoms with van der Waals surface area (Å²) < 4.78 is 10.7. The van der Waals surface area contributed by atoms with Gasteiger partial charge in [0.15, 0.2) is 0 Å². The fourth-order valence-electron chi connectivity index (χ4n) is 3.20. The molecule has 0 fully saturated rings. The third-order valence-corrected chi connectivity index (χ3v) is 4.62. The third-order valence-electron chi connectivity index (χ3n) is 4.62. The Bertz CT molecular complexity index is 895. The van der Waals surface area contributed by atoms with E-state index in [1.165, 1.54) is 5.01 Å². The molecule has 0 saturated heterocycles. The molecule has 0 N–H and O–H groups in total. The number of nitrogens with zero attached hydrogens (tertiary/aromatic N) is 2. The fraction of sp³-hybridized carbons (Fsp3) is 0.286. The summed E-state index contributed by atoms with van der Waals surface area (Å²) in [4.78, 5) is 23.5. The second-order valence-electron chi connectivity index (χ2n) is 6.35. The standard InChI is InChI=1S/C21H22N2O5/c1-27-15-8-9-16(19(12-15)28-2)18-13-17(14-6-4-3-5-7-14)22-23(18)20(24)10-11-21(25)26/h3-9,12,18H,10-11,13H2,1-2H3,(H,25,26)/p-1/t18-/m0/s1. The summed E-state index contributed by atoms with van der Waals surface area (Å²) in [7, 11) is 3.12. The molecule has 7 nitrogen and oxygen atoms in total. The summed E-state index contributed by atoms with van der Waals surface area (Å²) in [6, 6.07) is 14.6. The van der Waals surface area contributed by atoms with E-state index in [1.807, 2.05) is 36.4 Å². The van der Waals surface area contributed by atoms with Crippen LogP contribution >= 0.6 is 0 Å². The predicted molar refractivity (Wildman–Crippen MR) is 101 cm³/mol. The largest absolute Gasteiger partial charge is 0.550 e. The highest BCUT2D eigenvalue weighted by atomic mass is 16.5. The molecule has 28 heavy (non-hydrogen) atoms. The van der Waals surface area contributed by atoms with Gasteiger partial charge in [-0.3, -0.25) is 4.79 Å². The van der Waals surface area contributed by atoms with Crippen LogP contribution in [-0.2, 0) is 9.59 Å². The van der Waals surface area contributed by atoms with Crippen molar-refractivity contribution in [1.29, 1.82) is 0 Å². The van der Waals surface area contributed by atoms with Crippen LogP contribution in [0.4, 0.5) is 0 Å². The molecule has 0 aromatic heterocycles. The lowest BCUT2D eigenvalue weighted by Gasteiger charge is -2.24. The first-order chi connectivity index (χ1) is 13.5. The zero-order valence-electron chi connectivity index (χ0n) is 15.8. The Balaban J connectivity index is 1.96. The lowest BCUT2D eigenvalue weighted by molar-refractivity contribution is -0.305. The Labute approximate surface area is 163 Å². The van der Waals surface area contributed by atoms with Gasteiger partial charge in [-0.15, -0.1) is 0 Å². The normalized spacial score (nSPS) is 15.9. The fourth-order valence-corrected chi connectivity index (χ4v) is 3.20. The molecule has 0 aliphatic carbocycles. The van der Waals surface area contributed by atoms with Crippen molar-refractivity contribution in [3.63, 3.8) is 0 Å². The Morgan fingerprint density at radius 2 is 1.86 bits per heavy atom. The first-order valence-electron chi connectivity index (χ1n) is 8.90. The van der Waals surface area contributed by atoms with Crippen LogP contribution in [0.2, 0.25) is 0 Å². The predicted octanol–water partition coefficient (Wildman–Crippen LogP) is 1.91. The van der Waals surface area contributed by atoms with Crippen molar-refractivity contribution in [2.75, 3.05) is 14.2 Å². The average molecular weight is 381 g/mol. The molecule has 1 aliphatic heterocycles. The minimum absolute atomic E-state index is 0.178. The molecule has 2 aromatic carbocycles. The Morgan fingerprint density at radius 1 is 1.11 bits per heavy atom. The second-order valence-corrected chi connectivity index (χ2v) is 6.35. The lowest BCUT2D eigenvalue weighted by atomic mass is 9.97. The van der Waals surface area contributed by atoms with Gasteiger partial charge in [0.2, 0.25) is 5.91 Å². The van der Waals surface area contributed by atoms with Crippen LogP contribution < -0.4 is 14.6 Å². The van der Waals surface area contributed by atoms with Crippen molar-refractivity contribution in [1.82, 2.24) is 5.01 Å². The first-order valence-corrected chi connectivity index (χ1v) is 8.90. The van der Waals surface area contributed by atoms with E-state index in [4.69, 9.17) is 9.47 Å². The lowest BCUT2D eigenvalue weighted by Crippen LogP contribution is -2.30. The maximum atomic E-state index is 12.7. The highest BCUT2D eigenvalue weighted by Crippen LogP contribution is 2.39. The molecule has 0 bridgehead atoms. The zero-order valence-corrected chi connectivity index (χ0v) is 15.8. The van der Waals surface area contributed by atoms with Gasteiger partial charge in [0, 0.05) is 30.4 Å². The van der Waals surface area contributed by atoms with Gasteiger partial charge in [-0.2, -0.15) is 5.10 Å². The van der Waals surface area contributed by atoms with Crippen LogP contribution in [0.25, 0.3) is 0 Å². The minimum Gasteiger partial charge on any atom is -0.550 e. The highest BCUT2D eigenvalue weighted by molar-refractivity contribution is 6.03. The van der Waals surface area contributed by atoms with E-state index >= 15 is 0 Å². The van der Waals surface area contributed by atoms with Crippen molar-refractivity contribution in [2.24, 2.45) is 5.10 Å². The monoisotopic (exact) mass is 381 g/mol. The summed E-state index contributed by atoms with van der Waals surface area (Å²) in [5.41, 5.74) is 2.44.